The van der Waals surface area contributed by atoms with Gasteiger partial charge in [0.15, 0.2) is 0 Å². The zero-order valence-corrected chi connectivity index (χ0v) is 7.70. The van der Waals surface area contributed by atoms with Crippen molar-refractivity contribution in [2.75, 3.05) is 5.73 Å². The maximum atomic E-state index is 10.5. The van der Waals surface area contributed by atoms with E-state index >= 15 is 0 Å². The summed E-state index contributed by atoms with van der Waals surface area (Å²) in [6.45, 7) is 0. The summed E-state index contributed by atoms with van der Waals surface area (Å²) in [5.74, 6) is 0. The van der Waals surface area contributed by atoms with E-state index in [0.29, 0.717) is 11.4 Å². The first-order valence-electron chi connectivity index (χ1n) is 4.21. The van der Waals surface area contributed by atoms with E-state index in [0.717, 1.165) is 0 Å². The average molecular weight is 204 g/mol. The third kappa shape index (κ3) is 1.64. The van der Waals surface area contributed by atoms with Gasteiger partial charge in [0.05, 0.1) is 22.6 Å². The Hall–Kier alpha value is -2.37. The standard InChI is InChI=1S/C9H8N4O2/c10-8-5-7(13(14)15)1-2-9(8)12-4-3-11-6-12/h1-6H,10H2. The Bertz CT molecular complexity index is 493. The lowest BCUT2D eigenvalue weighted by Gasteiger charge is -2.05. The minimum Gasteiger partial charge on any atom is -0.397 e. The zero-order valence-electron chi connectivity index (χ0n) is 7.70. The lowest BCUT2D eigenvalue weighted by Crippen LogP contribution is -1.98. The number of nitrogens with two attached hydrogens (primary N) is 1. The Labute approximate surface area is 85.1 Å². The molecule has 15 heavy (non-hydrogen) atoms. The molecule has 0 aliphatic carbocycles. The molecule has 2 N–H and O–H groups in total. The number of hydrogen-bond acceptors (Lipinski definition) is 4. The first-order valence-corrected chi connectivity index (χ1v) is 4.21. The number of nitrogen functional groups attached to an aromatic ring is 1. The number of non-ortho nitro benzene ring substituents is 1. The molecule has 1 aromatic heterocycles. The van der Waals surface area contributed by atoms with Gasteiger partial charge in [-0.1, -0.05) is 0 Å². The van der Waals surface area contributed by atoms with Crippen molar-refractivity contribution in [2.45, 2.75) is 0 Å². The SMILES string of the molecule is Nc1cc([N+](=O)[O-])ccc1-n1ccnc1. The minimum absolute atomic E-state index is 0.0173. The lowest BCUT2D eigenvalue weighted by atomic mass is 10.2. The summed E-state index contributed by atoms with van der Waals surface area (Å²) >= 11 is 0. The molecular weight excluding hydrogens is 196 g/mol. The molecule has 1 heterocycles. The van der Waals surface area contributed by atoms with Crippen LogP contribution >= 0.6 is 0 Å². The van der Waals surface area contributed by atoms with Gasteiger partial charge < -0.3 is 10.3 Å². The molecule has 0 radical (unpaired) electrons. The molecule has 0 spiro atoms. The quantitative estimate of drug-likeness (QED) is 0.454. The largest absolute Gasteiger partial charge is 0.397 e. The second kappa shape index (κ2) is 3.41. The van der Waals surface area contributed by atoms with E-state index in [2.05, 4.69) is 4.98 Å². The minimum atomic E-state index is -0.478. The Morgan fingerprint density at radius 1 is 1.47 bits per heavy atom. The van der Waals surface area contributed by atoms with E-state index in [1.165, 1.54) is 12.1 Å². The number of nitrogens with zero attached hydrogens (tertiary/aromatic N) is 3. The summed E-state index contributed by atoms with van der Waals surface area (Å²) in [6, 6.07) is 4.33. The fraction of sp³-hybridized carbons (Fsp3) is 0. The van der Waals surface area contributed by atoms with Crippen LogP contribution in [0, 0.1) is 10.1 Å². The second-order valence-corrected chi connectivity index (χ2v) is 2.97. The molecular formula is C9H8N4O2. The first-order chi connectivity index (χ1) is 7.18. The molecule has 2 rings (SSSR count). The Balaban J connectivity index is 2.48. The van der Waals surface area contributed by atoms with Crippen LogP contribution in [0.25, 0.3) is 5.69 Å². The van der Waals surface area contributed by atoms with Crippen molar-refractivity contribution in [1.82, 2.24) is 9.55 Å². The monoisotopic (exact) mass is 204 g/mol. The van der Waals surface area contributed by atoms with Crippen LogP contribution in [0.1, 0.15) is 0 Å². The van der Waals surface area contributed by atoms with Crippen molar-refractivity contribution in [1.29, 1.82) is 0 Å². The highest BCUT2D eigenvalue weighted by molar-refractivity contribution is 5.62. The molecule has 0 saturated carbocycles. The number of benzene rings is 1. The molecule has 6 nitrogen and oxygen atoms in total. The van der Waals surface area contributed by atoms with E-state index in [1.807, 2.05) is 0 Å². The van der Waals surface area contributed by atoms with Gasteiger partial charge in [-0.15, -0.1) is 0 Å². The van der Waals surface area contributed by atoms with Gasteiger partial charge in [0, 0.05) is 24.5 Å². The number of aromatic nitrogens is 2. The van der Waals surface area contributed by atoms with Gasteiger partial charge in [-0.25, -0.2) is 4.98 Å². The molecule has 0 bridgehead atoms. The zero-order chi connectivity index (χ0) is 10.8. The van der Waals surface area contributed by atoms with E-state index < -0.39 is 4.92 Å². The predicted molar refractivity (Wildman–Crippen MR) is 54.6 cm³/mol. The number of hydrogen-bond donors (Lipinski definition) is 1. The van der Waals surface area contributed by atoms with Crippen molar-refractivity contribution >= 4 is 11.4 Å². The number of nitro benzene ring substituents is 1. The second-order valence-electron chi connectivity index (χ2n) is 2.97. The molecule has 0 fully saturated rings. The van der Waals surface area contributed by atoms with E-state index in [9.17, 15) is 10.1 Å². The average Bonchev–Trinajstić information content (AvgIpc) is 2.70. The molecule has 6 heteroatoms. The van der Waals surface area contributed by atoms with Gasteiger partial charge in [0.1, 0.15) is 0 Å². The molecule has 0 aliphatic heterocycles. The molecule has 0 unspecified atom stereocenters. The lowest BCUT2D eigenvalue weighted by molar-refractivity contribution is -0.384. The predicted octanol–water partition coefficient (Wildman–Crippen LogP) is 1.36. The third-order valence-corrected chi connectivity index (χ3v) is 2.00. The van der Waals surface area contributed by atoms with Crippen LogP contribution in [0.4, 0.5) is 11.4 Å². The number of anilines is 1. The highest BCUT2D eigenvalue weighted by atomic mass is 16.6. The van der Waals surface area contributed by atoms with Crippen molar-refractivity contribution in [3.05, 3.63) is 47.0 Å². The number of rotatable bonds is 2. The van der Waals surface area contributed by atoms with Gasteiger partial charge >= 0.3 is 0 Å². The highest BCUT2D eigenvalue weighted by Crippen LogP contribution is 2.22. The highest BCUT2D eigenvalue weighted by Gasteiger charge is 2.09. The summed E-state index contributed by atoms with van der Waals surface area (Å²) in [4.78, 5) is 13.9. The van der Waals surface area contributed by atoms with Gasteiger partial charge in [-0.05, 0) is 6.07 Å². The van der Waals surface area contributed by atoms with Crippen LogP contribution < -0.4 is 5.73 Å². The van der Waals surface area contributed by atoms with Crippen LogP contribution in [-0.2, 0) is 0 Å². The molecule has 2 aromatic rings. The van der Waals surface area contributed by atoms with Crippen LogP contribution in [0.5, 0.6) is 0 Å². The molecule has 0 aliphatic rings. The van der Waals surface area contributed by atoms with Crippen LogP contribution in [0.15, 0.2) is 36.9 Å². The number of imidazole rings is 1. The summed E-state index contributed by atoms with van der Waals surface area (Å²) in [5, 5.41) is 10.5. The van der Waals surface area contributed by atoms with E-state index in [4.69, 9.17) is 5.73 Å². The van der Waals surface area contributed by atoms with Gasteiger partial charge in [0.25, 0.3) is 5.69 Å². The summed E-state index contributed by atoms with van der Waals surface area (Å²) in [5.41, 5.74) is 6.71. The topological polar surface area (TPSA) is 87.0 Å². The van der Waals surface area contributed by atoms with Gasteiger partial charge in [-0.3, -0.25) is 10.1 Å². The summed E-state index contributed by atoms with van der Waals surface area (Å²) in [7, 11) is 0. The van der Waals surface area contributed by atoms with Crippen LogP contribution in [-0.4, -0.2) is 14.5 Å². The van der Waals surface area contributed by atoms with E-state index in [-0.39, 0.29) is 5.69 Å². The number of nitro groups is 1. The normalized spacial score (nSPS) is 10.1. The molecule has 76 valence electrons. The van der Waals surface area contributed by atoms with Crippen LogP contribution in [0.2, 0.25) is 0 Å². The van der Waals surface area contributed by atoms with Crippen molar-refractivity contribution < 1.29 is 4.92 Å². The van der Waals surface area contributed by atoms with Crippen molar-refractivity contribution in [3.8, 4) is 5.69 Å². The summed E-state index contributed by atoms with van der Waals surface area (Å²) < 4.78 is 1.69. The molecule has 1 aromatic carbocycles. The Morgan fingerprint density at radius 3 is 2.80 bits per heavy atom. The van der Waals surface area contributed by atoms with E-state index in [1.54, 1.807) is 29.4 Å². The van der Waals surface area contributed by atoms with Crippen molar-refractivity contribution in [2.24, 2.45) is 0 Å². The first kappa shape index (κ1) is 9.20. The summed E-state index contributed by atoms with van der Waals surface area (Å²) in [6.07, 6.45) is 4.91. The Morgan fingerprint density at radius 2 is 2.27 bits per heavy atom. The van der Waals surface area contributed by atoms with Crippen LogP contribution in [0.3, 0.4) is 0 Å². The van der Waals surface area contributed by atoms with Crippen molar-refractivity contribution in [3.63, 3.8) is 0 Å². The molecule has 0 atom stereocenters. The Kier molecular flexibility index (Phi) is 2.09. The molecule has 0 amide bonds. The third-order valence-electron chi connectivity index (χ3n) is 2.00. The smallest absolute Gasteiger partial charge is 0.271 e. The fourth-order valence-electron chi connectivity index (χ4n) is 1.29. The molecule has 0 saturated heterocycles. The van der Waals surface area contributed by atoms with Gasteiger partial charge in [0.2, 0.25) is 0 Å². The van der Waals surface area contributed by atoms with Gasteiger partial charge in [-0.2, -0.15) is 0 Å². The maximum Gasteiger partial charge on any atom is 0.271 e. The maximum absolute atomic E-state index is 10.5. The fourth-order valence-corrected chi connectivity index (χ4v) is 1.29.